The van der Waals surface area contributed by atoms with Gasteiger partial charge in [0.2, 0.25) is 10.0 Å². The van der Waals surface area contributed by atoms with Crippen LogP contribution in [-0.2, 0) is 16.6 Å². The molecule has 1 N–H and O–H groups in total. The molecule has 0 aliphatic heterocycles. The average Bonchev–Trinajstić information content (AvgIpc) is 2.38. The number of benzene rings is 1. The predicted octanol–water partition coefficient (Wildman–Crippen LogP) is 2.64. The molecule has 21 heavy (non-hydrogen) atoms. The monoisotopic (exact) mass is 340 g/mol. The van der Waals surface area contributed by atoms with Crippen molar-refractivity contribution in [1.29, 1.82) is 0 Å². The molecule has 0 bridgehead atoms. The molecule has 0 amide bonds. The van der Waals surface area contributed by atoms with Crippen LogP contribution in [0.25, 0.3) is 0 Å². The quantitative estimate of drug-likeness (QED) is 0.830. The summed E-state index contributed by atoms with van der Waals surface area (Å²) < 4.78 is 50.2. The van der Waals surface area contributed by atoms with Gasteiger partial charge < -0.3 is 5.32 Å². The van der Waals surface area contributed by atoms with Gasteiger partial charge in [-0.25, -0.2) is 17.2 Å². The predicted molar refractivity (Wildman–Crippen MR) is 79.4 cm³/mol. The topological polar surface area (TPSA) is 49.4 Å². The van der Waals surface area contributed by atoms with Crippen LogP contribution in [0.3, 0.4) is 0 Å². The first-order chi connectivity index (χ1) is 9.70. The number of hydrogen-bond acceptors (Lipinski definition) is 3. The minimum atomic E-state index is -3.99. The van der Waals surface area contributed by atoms with Crippen LogP contribution in [0.15, 0.2) is 17.0 Å². The molecule has 1 rings (SSSR count). The number of nitrogens with zero attached hydrogens (tertiary/aromatic N) is 1. The van der Waals surface area contributed by atoms with Crippen molar-refractivity contribution in [2.45, 2.75) is 31.7 Å². The Bertz CT molecular complexity index is 594. The lowest BCUT2D eigenvalue weighted by molar-refractivity contribution is 0.126. The number of alkyl halides is 2. The van der Waals surface area contributed by atoms with E-state index in [1.54, 1.807) is 13.0 Å². The van der Waals surface area contributed by atoms with Gasteiger partial charge in [0.05, 0.1) is 11.4 Å². The van der Waals surface area contributed by atoms with Crippen LogP contribution in [0.4, 0.5) is 8.78 Å². The Morgan fingerprint density at radius 3 is 2.52 bits per heavy atom. The van der Waals surface area contributed by atoms with Crippen molar-refractivity contribution in [2.75, 3.05) is 20.1 Å². The lowest BCUT2D eigenvalue weighted by Crippen LogP contribution is -2.32. The van der Waals surface area contributed by atoms with E-state index in [1.807, 2.05) is 6.92 Å². The van der Waals surface area contributed by atoms with Gasteiger partial charge >= 0.3 is 0 Å². The molecule has 0 unspecified atom stereocenters. The molecule has 0 aromatic heterocycles. The van der Waals surface area contributed by atoms with Crippen molar-refractivity contribution in [3.63, 3.8) is 0 Å². The second kappa shape index (κ2) is 7.49. The number of rotatable bonds is 7. The molecule has 0 aliphatic rings. The molecule has 0 aliphatic carbocycles. The molecule has 0 radical (unpaired) electrons. The Kier molecular flexibility index (Phi) is 6.52. The summed E-state index contributed by atoms with van der Waals surface area (Å²) >= 11 is 5.96. The SMILES string of the molecule is CCNCc1cc(Cl)cc(S(=O)(=O)N(C)CC(F)F)c1C. The molecule has 0 atom stereocenters. The fourth-order valence-electron chi connectivity index (χ4n) is 1.88. The highest BCUT2D eigenvalue weighted by atomic mass is 35.5. The summed E-state index contributed by atoms with van der Waals surface area (Å²) in [6.45, 7) is 3.90. The summed E-state index contributed by atoms with van der Waals surface area (Å²) in [6, 6.07) is 2.97. The van der Waals surface area contributed by atoms with Gasteiger partial charge in [-0.2, -0.15) is 4.31 Å². The van der Waals surface area contributed by atoms with Gasteiger partial charge in [0.25, 0.3) is 6.43 Å². The molecule has 1 aromatic carbocycles. The van der Waals surface area contributed by atoms with E-state index in [0.29, 0.717) is 16.4 Å². The summed E-state index contributed by atoms with van der Waals surface area (Å²) in [7, 11) is -2.86. The van der Waals surface area contributed by atoms with E-state index in [2.05, 4.69) is 5.32 Å². The largest absolute Gasteiger partial charge is 0.313 e. The molecular weight excluding hydrogens is 322 g/mol. The van der Waals surface area contributed by atoms with Crippen molar-refractivity contribution >= 4 is 21.6 Å². The zero-order valence-electron chi connectivity index (χ0n) is 12.2. The van der Waals surface area contributed by atoms with Crippen LogP contribution in [-0.4, -0.2) is 39.3 Å². The van der Waals surface area contributed by atoms with Crippen LogP contribution in [0, 0.1) is 6.92 Å². The van der Waals surface area contributed by atoms with Crippen molar-refractivity contribution in [2.24, 2.45) is 0 Å². The third kappa shape index (κ3) is 4.60. The maximum Gasteiger partial charge on any atom is 0.252 e. The third-order valence-electron chi connectivity index (χ3n) is 3.08. The lowest BCUT2D eigenvalue weighted by atomic mass is 10.1. The molecule has 0 saturated carbocycles. The van der Waals surface area contributed by atoms with Crippen molar-refractivity contribution < 1.29 is 17.2 Å². The first-order valence-corrected chi connectivity index (χ1v) is 8.26. The van der Waals surface area contributed by atoms with Gasteiger partial charge in [-0.1, -0.05) is 18.5 Å². The number of hydrogen-bond donors (Lipinski definition) is 1. The average molecular weight is 341 g/mol. The molecule has 120 valence electrons. The second-order valence-corrected chi connectivity index (χ2v) is 7.09. The van der Waals surface area contributed by atoms with Crippen LogP contribution < -0.4 is 5.32 Å². The Morgan fingerprint density at radius 2 is 2.00 bits per heavy atom. The van der Waals surface area contributed by atoms with Gasteiger partial charge in [0, 0.05) is 18.6 Å². The smallest absolute Gasteiger partial charge is 0.252 e. The number of sulfonamides is 1. The Labute approximate surface area is 129 Å². The highest BCUT2D eigenvalue weighted by molar-refractivity contribution is 7.89. The summed E-state index contributed by atoms with van der Waals surface area (Å²) in [6.07, 6.45) is -2.73. The highest BCUT2D eigenvalue weighted by Crippen LogP contribution is 2.26. The molecule has 0 saturated heterocycles. The zero-order chi connectivity index (χ0) is 16.2. The minimum absolute atomic E-state index is 0.0361. The molecular formula is C13H19ClF2N2O2S. The summed E-state index contributed by atoms with van der Waals surface area (Å²) in [5, 5.41) is 3.35. The molecule has 0 heterocycles. The van der Waals surface area contributed by atoms with E-state index in [4.69, 9.17) is 11.6 Å². The molecule has 4 nitrogen and oxygen atoms in total. The van der Waals surface area contributed by atoms with E-state index >= 15 is 0 Å². The van der Waals surface area contributed by atoms with Crippen molar-refractivity contribution in [1.82, 2.24) is 9.62 Å². The van der Waals surface area contributed by atoms with E-state index in [9.17, 15) is 17.2 Å². The molecule has 0 fully saturated rings. The van der Waals surface area contributed by atoms with Crippen LogP contribution >= 0.6 is 11.6 Å². The highest BCUT2D eigenvalue weighted by Gasteiger charge is 2.26. The van der Waals surface area contributed by atoms with Crippen LogP contribution in [0.2, 0.25) is 5.02 Å². The maximum absolute atomic E-state index is 12.4. The first kappa shape index (κ1) is 18.3. The number of nitrogens with one attached hydrogen (secondary N) is 1. The van der Waals surface area contributed by atoms with Crippen LogP contribution in [0.5, 0.6) is 0 Å². The Hall–Kier alpha value is -0.760. The van der Waals surface area contributed by atoms with Gasteiger partial charge in [-0.3, -0.25) is 0 Å². The third-order valence-corrected chi connectivity index (χ3v) is 5.25. The van der Waals surface area contributed by atoms with E-state index in [0.717, 1.165) is 19.2 Å². The Balaban J connectivity index is 3.25. The van der Waals surface area contributed by atoms with Crippen molar-refractivity contribution in [3.05, 3.63) is 28.3 Å². The summed E-state index contributed by atoms with van der Waals surface area (Å²) in [5.74, 6) is 0. The molecule has 1 aromatic rings. The van der Waals surface area contributed by atoms with E-state index in [-0.39, 0.29) is 9.92 Å². The normalized spacial score (nSPS) is 12.4. The molecule has 8 heteroatoms. The number of halogens is 3. The zero-order valence-corrected chi connectivity index (χ0v) is 13.7. The summed E-state index contributed by atoms with van der Waals surface area (Å²) in [4.78, 5) is -0.0361. The van der Waals surface area contributed by atoms with E-state index in [1.165, 1.54) is 6.07 Å². The second-order valence-electron chi connectivity index (χ2n) is 4.65. The maximum atomic E-state index is 12.4. The fraction of sp³-hybridized carbons (Fsp3) is 0.538. The van der Waals surface area contributed by atoms with Crippen molar-refractivity contribution in [3.8, 4) is 0 Å². The van der Waals surface area contributed by atoms with Gasteiger partial charge in [0.15, 0.2) is 0 Å². The first-order valence-electron chi connectivity index (χ1n) is 6.44. The standard InChI is InChI=1S/C13H19ClF2N2O2S/c1-4-17-7-10-5-11(14)6-12(9(10)2)21(19,20)18(3)8-13(15)16/h5-6,13,17H,4,7-8H2,1-3H3. The summed E-state index contributed by atoms with van der Waals surface area (Å²) in [5.41, 5.74) is 1.25. The van der Waals surface area contributed by atoms with Gasteiger partial charge in [-0.05, 0) is 36.7 Å². The van der Waals surface area contributed by atoms with Gasteiger partial charge in [0.1, 0.15) is 0 Å². The fourth-order valence-corrected chi connectivity index (χ4v) is 3.62. The van der Waals surface area contributed by atoms with Crippen LogP contribution in [0.1, 0.15) is 18.1 Å². The lowest BCUT2D eigenvalue weighted by Gasteiger charge is -2.20. The molecule has 0 spiro atoms. The van der Waals surface area contributed by atoms with Gasteiger partial charge in [-0.15, -0.1) is 0 Å². The van der Waals surface area contributed by atoms with E-state index < -0.39 is 23.0 Å². The minimum Gasteiger partial charge on any atom is -0.313 e. The Morgan fingerprint density at radius 1 is 1.38 bits per heavy atom.